The van der Waals surface area contributed by atoms with Crippen LogP contribution in [0.2, 0.25) is 0 Å². The molecule has 1 aliphatic heterocycles. The lowest BCUT2D eigenvalue weighted by molar-refractivity contribution is -0.118. The van der Waals surface area contributed by atoms with Crippen molar-refractivity contribution in [2.75, 3.05) is 35.8 Å². The molecule has 1 aliphatic rings. The smallest absolute Gasteiger partial charge is 0.299 e. The largest absolute Gasteiger partial charge is 0.378 e. The number of carbonyl (C=O) groups is 3. The molecule has 122 valence electrons. The zero-order valence-corrected chi connectivity index (χ0v) is 13.4. The molecule has 2 amide bonds. The van der Waals surface area contributed by atoms with E-state index in [-0.39, 0.29) is 12.5 Å². The maximum atomic E-state index is 12.2. The molecule has 24 heavy (non-hydrogen) atoms. The van der Waals surface area contributed by atoms with Gasteiger partial charge in [-0.25, -0.2) is 0 Å². The maximum Gasteiger partial charge on any atom is 0.299 e. The van der Waals surface area contributed by atoms with Crippen LogP contribution in [0.25, 0.3) is 0 Å². The molecular weight excluding hydrogens is 306 g/mol. The van der Waals surface area contributed by atoms with Gasteiger partial charge >= 0.3 is 0 Å². The van der Waals surface area contributed by atoms with Crippen molar-refractivity contribution in [3.8, 4) is 0 Å². The average Bonchev–Trinajstić information content (AvgIpc) is 2.81. The predicted octanol–water partition coefficient (Wildman–Crippen LogP) is 1.92. The minimum Gasteiger partial charge on any atom is -0.378 e. The van der Waals surface area contributed by atoms with Crippen molar-refractivity contribution in [1.29, 1.82) is 0 Å². The van der Waals surface area contributed by atoms with Crippen molar-refractivity contribution in [3.63, 3.8) is 0 Å². The zero-order valence-electron chi connectivity index (χ0n) is 13.4. The zero-order chi connectivity index (χ0) is 17.3. The third kappa shape index (κ3) is 2.86. The highest BCUT2D eigenvalue weighted by molar-refractivity contribution is 6.52. The van der Waals surface area contributed by atoms with Crippen LogP contribution in [0.5, 0.6) is 0 Å². The van der Waals surface area contributed by atoms with Crippen LogP contribution in [0, 0.1) is 0 Å². The first-order chi connectivity index (χ1) is 11.5. The van der Waals surface area contributed by atoms with E-state index in [2.05, 4.69) is 5.32 Å². The van der Waals surface area contributed by atoms with E-state index in [0.717, 1.165) is 5.69 Å². The van der Waals surface area contributed by atoms with Crippen LogP contribution in [-0.4, -0.2) is 38.2 Å². The third-order valence-electron chi connectivity index (χ3n) is 3.85. The van der Waals surface area contributed by atoms with Gasteiger partial charge in [-0.2, -0.15) is 0 Å². The fraction of sp³-hybridized carbons (Fsp3) is 0.167. The molecule has 0 bridgehead atoms. The van der Waals surface area contributed by atoms with Crippen LogP contribution in [0.4, 0.5) is 17.1 Å². The number of benzene rings is 2. The van der Waals surface area contributed by atoms with Gasteiger partial charge in [0, 0.05) is 25.5 Å². The van der Waals surface area contributed by atoms with Crippen molar-refractivity contribution in [3.05, 3.63) is 54.1 Å². The molecule has 0 spiro atoms. The number of hydrogen-bond acceptors (Lipinski definition) is 4. The number of para-hydroxylation sites is 1. The van der Waals surface area contributed by atoms with Crippen LogP contribution in [-0.2, 0) is 9.59 Å². The van der Waals surface area contributed by atoms with Gasteiger partial charge in [-0.05, 0) is 36.4 Å². The van der Waals surface area contributed by atoms with E-state index in [1.165, 1.54) is 4.90 Å². The van der Waals surface area contributed by atoms with E-state index in [9.17, 15) is 14.4 Å². The van der Waals surface area contributed by atoms with Gasteiger partial charge in [-0.3, -0.25) is 19.3 Å². The van der Waals surface area contributed by atoms with Crippen LogP contribution in [0.1, 0.15) is 10.4 Å². The van der Waals surface area contributed by atoms with Gasteiger partial charge in [-0.15, -0.1) is 0 Å². The molecule has 0 unspecified atom stereocenters. The second kappa shape index (κ2) is 6.16. The summed E-state index contributed by atoms with van der Waals surface area (Å²) in [5.41, 5.74) is 2.47. The van der Waals surface area contributed by atoms with E-state index in [4.69, 9.17) is 0 Å². The van der Waals surface area contributed by atoms with E-state index in [1.54, 1.807) is 36.4 Å². The second-order valence-electron chi connectivity index (χ2n) is 5.73. The highest BCUT2D eigenvalue weighted by Gasteiger charge is 2.36. The summed E-state index contributed by atoms with van der Waals surface area (Å²) in [6.07, 6.45) is 0. The SMILES string of the molecule is CN(C)c1ccc(NC(=O)CN2C(=O)C(=O)c3ccccc32)cc1. The topological polar surface area (TPSA) is 69.7 Å². The highest BCUT2D eigenvalue weighted by Crippen LogP contribution is 2.28. The number of nitrogens with zero attached hydrogens (tertiary/aromatic N) is 2. The predicted molar refractivity (Wildman–Crippen MR) is 92.5 cm³/mol. The average molecular weight is 323 g/mol. The number of carbonyl (C=O) groups excluding carboxylic acids is 3. The number of ketones is 1. The van der Waals surface area contributed by atoms with Crippen molar-refractivity contribution in [2.24, 2.45) is 0 Å². The molecule has 6 heteroatoms. The van der Waals surface area contributed by atoms with E-state index in [1.807, 2.05) is 31.1 Å². The molecule has 3 rings (SSSR count). The van der Waals surface area contributed by atoms with Crippen LogP contribution < -0.4 is 15.1 Å². The summed E-state index contributed by atoms with van der Waals surface area (Å²) in [7, 11) is 3.86. The van der Waals surface area contributed by atoms with Gasteiger partial charge in [-0.1, -0.05) is 12.1 Å². The molecular formula is C18H17N3O3. The van der Waals surface area contributed by atoms with E-state index in [0.29, 0.717) is 16.9 Å². The standard InChI is InChI=1S/C18H17N3O3/c1-20(2)13-9-7-12(8-10-13)19-16(22)11-21-15-6-4-3-5-14(15)17(23)18(21)24/h3-10H,11H2,1-2H3,(H,19,22). The molecule has 0 saturated carbocycles. The Kier molecular flexibility index (Phi) is 4.04. The van der Waals surface area contributed by atoms with Crippen LogP contribution in [0.15, 0.2) is 48.5 Å². The molecule has 0 aliphatic carbocycles. The quantitative estimate of drug-likeness (QED) is 0.873. The summed E-state index contributed by atoms with van der Waals surface area (Å²) in [5.74, 6) is -1.60. The Morgan fingerprint density at radius 3 is 2.38 bits per heavy atom. The molecule has 0 saturated heterocycles. The van der Waals surface area contributed by atoms with Gasteiger partial charge in [0.1, 0.15) is 6.54 Å². The Morgan fingerprint density at radius 2 is 1.71 bits per heavy atom. The number of hydrogen-bond donors (Lipinski definition) is 1. The van der Waals surface area contributed by atoms with Gasteiger partial charge in [0.05, 0.1) is 11.3 Å². The van der Waals surface area contributed by atoms with Gasteiger partial charge in [0.15, 0.2) is 0 Å². The first-order valence-electron chi connectivity index (χ1n) is 7.50. The number of nitrogens with one attached hydrogen (secondary N) is 1. The Hall–Kier alpha value is -3.15. The summed E-state index contributed by atoms with van der Waals surface area (Å²) in [6, 6.07) is 14.0. The Bertz CT molecular complexity index is 813. The molecule has 1 N–H and O–H groups in total. The van der Waals surface area contributed by atoms with E-state index >= 15 is 0 Å². The molecule has 2 aromatic carbocycles. The lowest BCUT2D eigenvalue weighted by Gasteiger charge is -2.16. The monoisotopic (exact) mass is 323 g/mol. The minimum absolute atomic E-state index is 0.197. The van der Waals surface area contributed by atoms with Crippen molar-refractivity contribution in [1.82, 2.24) is 0 Å². The Labute approximate surface area is 139 Å². The molecule has 2 aromatic rings. The first kappa shape index (κ1) is 15.7. The van der Waals surface area contributed by atoms with Crippen LogP contribution >= 0.6 is 0 Å². The lowest BCUT2D eigenvalue weighted by atomic mass is 10.1. The molecule has 1 heterocycles. The van der Waals surface area contributed by atoms with Crippen molar-refractivity contribution in [2.45, 2.75) is 0 Å². The number of Topliss-reactive ketones (excluding diaryl/α,β-unsaturated/α-hetero) is 1. The fourth-order valence-electron chi connectivity index (χ4n) is 2.59. The first-order valence-corrected chi connectivity index (χ1v) is 7.50. The summed E-state index contributed by atoms with van der Waals surface area (Å²) >= 11 is 0. The fourth-order valence-corrected chi connectivity index (χ4v) is 2.59. The Morgan fingerprint density at radius 1 is 1.04 bits per heavy atom. The summed E-state index contributed by atoms with van der Waals surface area (Å²) in [6.45, 7) is -0.197. The highest BCUT2D eigenvalue weighted by atomic mass is 16.2. The van der Waals surface area contributed by atoms with Crippen molar-refractivity contribution < 1.29 is 14.4 Å². The number of rotatable bonds is 4. The number of anilines is 3. The molecule has 0 atom stereocenters. The molecule has 0 aromatic heterocycles. The summed E-state index contributed by atoms with van der Waals surface area (Å²) in [4.78, 5) is 39.4. The van der Waals surface area contributed by atoms with Gasteiger partial charge in [0.2, 0.25) is 5.91 Å². The van der Waals surface area contributed by atoms with Gasteiger partial charge in [0.25, 0.3) is 11.7 Å². The summed E-state index contributed by atoms with van der Waals surface area (Å²) < 4.78 is 0. The third-order valence-corrected chi connectivity index (χ3v) is 3.85. The summed E-state index contributed by atoms with van der Waals surface area (Å²) in [5, 5.41) is 2.74. The maximum absolute atomic E-state index is 12.2. The van der Waals surface area contributed by atoms with E-state index < -0.39 is 11.7 Å². The number of amides is 2. The van der Waals surface area contributed by atoms with Gasteiger partial charge < -0.3 is 10.2 Å². The lowest BCUT2D eigenvalue weighted by Crippen LogP contribution is -2.37. The molecule has 0 radical (unpaired) electrons. The molecule has 6 nitrogen and oxygen atoms in total. The second-order valence-corrected chi connectivity index (χ2v) is 5.73. The van der Waals surface area contributed by atoms with Crippen LogP contribution in [0.3, 0.4) is 0 Å². The minimum atomic E-state index is -0.672. The normalized spacial score (nSPS) is 13.0. The molecule has 0 fully saturated rings. The number of fused-ring (bicyclic) bond motifs is 1. The Balaban J connectivity index is 1.71. The van der Waals surface area contributed by atoms with Crippen molar-refractivity contribution >= 4 is 34.7 Å².